The molecule has 0 N–H and O–H groups in total. The van der Waals surface area contributed by atoms with E-state index < -0.39 is 5.60 Å². The highest BCUT2D eigenvalue weighted by Gasteiger charge is 2.27. The number of hydrogen-bond donors (Lipinski definition) is 0. The fourth-order valence-electron chi connectivity index (χ4n) is 3.81. The molecule has 150 valence electrons. The van der Waals surface area contributed by atoms with E-state index in [-0.39, 0.29) is 6.09 Å². The fourth-order valence-corrected chi connectivity index (χ4v) is 3.81. The Hall–Kier alpha value is -1.75. The van der Waals surface area contributed by atoms with Crippen molar-refractivity contribution in [3.05, 3.63) is 23.8 Å². The molecule has 2 aliphatic rings. The van der Waals surface area contributed by atoms with Crippen LogP contribution in [0.1, 0.15) is 58.4 Å². The first kappa shape index (κ1) is 20.0. The normalized spacial score (nSPS) is 18.1. The third-order valence-electron chi connectivity index (χ3n) is 5.13. The van der Waals surface area contributed by atoms with E-state index in [1.807, 2.05) is 32.9 Å². The summed E-state index contributed by atoms with van der Waals surface area (Å²) in [5.74, 6) is 0.836. The lowest BCUT2D eigenvalue weighted by Gasteiger charge is -2.32. The predicted molar refractivity (Wildman–Crippen MR) is 109 cm³/mol. The first-order valence-corrected chi connectivity index (χ1v) is 10.4. The number of anilines is 1. The molecule has 0 bridgehead atoms. The maximum atomic E-state index is 12.6. The maximum Gasteiger partial charge on any atom is 0.414 e. The van der Waals surface area contributed by atoms with Gasteiger partial charge < -0.3 is 14.4 Å². The van der Waals surface area contributed by atoms with Crippen LogP contribution in [0.15, 0.2) is 18.2 Å². The molecule has 5 nitrogen and oxygen atoms in total. The minimum atomic E-state index is -0.489. The van der Waals surface area contributed by atoms with Gasteiger partial charge >= 0.3 is 6.09 Å². The van der Waals surface area contributed by atoms with Gasteiger partial charge in [0, 0.05) is 19.2 Å². The quantitative estimate of drug-likeness (QED) is 0.705. The summed E-state index contributed by atoms with van der Waals surface area (Å²) in [6.45, 7) is 10.7. The molecule has 1 aromatic rings. The number of fused-ring (bicyclic) bond motifs is 1. The number of carbonyl (C=O) groups excluding carboxylic acids is 1. The number of carbonyl (C=O) groups is 1. The second kappa shape index (κ2) is 8.96. The minimum Gasteiger partial charge on any atom is -0.493 e. The summed E-state index contributed by atoms with van der Waals surface area (Å²) in [6, 6.07) is 6.11. The van der Waals surface area contributed by atoms with Gasteiger partial charge in [0.1, 0.15) is 11.4 Å². The van der Waals surface area contributed by atoms with Crippen LogP contribution in [0, 0.1) is 0 Å². The second-order valence-corrected chi connectivity index (χ2v) is 8.63. The van der Waals surface area contributed by atoms with Crippen LogP contribution in [-0.2, 0) is 11.2 Å². The van der Waals surface area contributed by atoms with Gasteiger partial charge in [-0.15, -0.1) is 0 Å². The maximum absolute atomic E-state index is 12.6. The predicted octanol–water partition coefficient (Wildman–Crippen LogP) is 4.63. The lowest BCUT2D eigenvalue weighted by Crippen LogP contribution is -2.39. The van der Waals surface area contributed by atoms with Crippen molar-refractivity contribution in [1.29, 1.82) is 0 Å². The topological polar surface area (TPSA) is 42.0 Å². The number of likely N-dealkylation sites (tertiary alicyclic amines) is 1. The Bertz CT molecular complexity index is 633. The van der Waals surface area contributed by atoms with E-state index in [0.717, 1.165) is 37.2 Å². The summed E-state index contributed by atoms with van der Waals surface area (Å²) >= 11 is 0. The highest BCUT2D eigenvalue weighted by atomic mass is 16.6. The molecule has 0 unspecified atom stereocenters. The average Bonchev–Trinajstić information content (AvgIpc) is 2.64. The van der Waals surface area contributed by atoms with Crippen molar-refractivity contribution in [2.24, 2.45) is 0 Å². The van der Waals surface area contributed by atoms with Crippen LogP contribution in [-0.4, -0.2) is 49.4 Å². The first-order valence-electron chi connectivity index (χ1n) is 10.4. The number of aryl methyl sites for hydroxylation is 1. The van der Waals surface area contributed by atoms with Crippen LogP contribution in [0.5, 0.6) is 5.75 Å². The zero-order chi connectivity index (χ0) is 19.3. The van der Waals surface area contributed by atoms with Crippen molar-refractivity contribution in [1.82, 2.24) is 4.90 Å². The van der Waals surface area contributed by atoms with E-state index in [1.54, 1.807) is 4.90 Å². The molecule has 1 fully saturated rings. The van der Waals surface area contributed by atoms with Gasteiger partial charge in [-0.25, -0.2) is 4.79 Å². The molecule has 27 heavy (non-hydrogen) atoms. The summed E-state index contributed by atoms with van der Waals surface area (Å²) < 4.78 is 11.6. The molecule has 1 amide bonds. The SMILES string of the molecule is CC(C)(C)OC(=O)N1CCCc2ccc(OCCCN3CCCCC3)cc21. The molecule has 1 saturated heterocycles. The summed E-state index contributed by atoms with van der Waals surface area (Å²) in [4.78, 5) is 16.9. The van der Waals surface area contributed by atoms with Crippen molar-refractivity contribution in [3.8, 4) is 5.75 Å². The third-order valence-corrected chi connectivity index (χ3v) is 5.13. The van der Waals surface area contributed by atoms with Gasteiger partial charge in [0.15, 0.2) is 0 Å². The number of ether oxygens (including phenoxy) is 2. The van der Waals surface area contributed by atoms with Gasteiger partial charge in [-0.3, -0.25) is 4.90 Å². The molecule has 1 aromatic carbocycles. The van der Waals surface area contributed by atoms with Crippen LogP contribution >= 0.6 is 0 Å². The fraction of sp³-hybridized carbons (Fsp3) is 0.682. The number of nitrogens with zero attached hydrogens (tertiary/aromatic N) is 2. The van der Waals surface area contributed by atoms with E-state index >= 15 is 0 Å². The average molecular weight is 375 g/mol. The van der Waals surface area contributed by atoms with Gasteiger partial charge in [-0.1, -0.05) is 12.5 Å². The largest absolute Gasteiger partial charge is 0.493 e. The zero-order valence-electron chi connectivity index (χ0n) is 17.1. The zero-order valence-corrected chi connectivity index (χ0v) is 17.1. The number of amides is 1. The Morgan fingerprint density at radius 3 is 2.59 bits per heavy atom. The molecule has 5 heteroatoms. The van der Waals surface area contributed by atoms with Crippen LogP contribution < -0.4 is 9.64 Å². The Morgan fingerprint density at radius 1 is 1.07 bits per heavy atom. The van der Waals surface area contributed by atoms with Crippen molar-refractivity contribution in [3.63, 3.8) is 0 Å². The minimum absolute atomic E-state index is 0.273. The molecule has 2 heterocycles. The van der Waals surface area contributed by atoms with Crippen molar-refractivity contribution >= 4 is 11.8 Å². The van der Waals surface area contributed by atoms with Gasteiger partial charge in [-0.2, -0.15) is 0 Å². The van der Waals surface area contributed by atoms with E-state index in [2.05, 4.69) is 11.0 Å². The number of piperidine rings is 1. The number of rotatable bonds is 5. The molecule has 0 aromatic heterocycles. The Morgan fingerprint density at radius 2 is 1.85 bits per heavy atom. The van der Waals surface area contributed by atoms with Gasteiger partial charge in [0.25, 0.3) is 0 Å². The lowest BCUT2D eigenvalue weighted by molar-refractivity contribution is 0.0578. The van der Waals surface area contributed by atoms with Crippen molar-refractivity contribution < 1.29 is 14.3 Å². The molecule has 0 radical (unpaired) electrons. The molecule has 0 atom stereocenters. The summed E-state index contributed by atoms with van der Waals surface area (Å²) in [5, 5.41) is 0. The molecule has 3 rings (SSSR count). The van der Waals surface area contributed by atoms with E-state index in [9.17, 15) is 4.79 Å². The van der Waals surface area contributed by atoms with Crippen molar-refractivity contribution in [2.45, 2.75) is 64.9 Å². The number of benzene rings is 1. The molecule has 2 aliphatic heterocycles. The Balaban J connectivity index is 1.57. The molecular weight excluding hydrogens is 340 g/mol. The highest BCUT2D eigenvalue weighted by Crippen LogP contribution is 2.32. The monoisotopic (exact) mass is 374 g/mol. The molecular formula is C22H34N2O3. The lowest BCUT2D eigenvalue weighted by atomic mass is 10.0. The van der Waals surface area contributed by atoms with Gasteiger partial charge in [0.2, 0.25) is 0 Å². The summed E-state index contributed by atoms with van der Waals surface area (Å²) in [5.41, 5.74) is 1.63. The standard InChI is InChI=1S/C22H34N2O3/c1-22(2,3)27-21(25)24-15-7-9-18-10-11-19(17-20(18)24)26-16-8-14-23-12-5-4-6-13-23/h10-11,17H,4-9,12-16H2,1-3H3. The molecule has 0 saturated carbocycles. The van der Waals surface area contributed by atoms with Gasteiger partial charge in [0.05, 0.1) is 12.3 Å². The number of hydrogen-bond acceptors (Lipinski definition) is 4. The Kier molecular flexibility index (Phi) is 6.64. The third kappa shape index (κ3) is 5.86. The van der Waals surface area contributed by atoms with Crippen LogP contribution in [0.3, 0.4) is 0 Å². The highest BCUT2D eigenvalue weighted by molar-refractivity contribution is 5.89. The second-order valence-electron chi connectivity index (χ2n) is 8.63. The molecule has 0 spiro atoms. The smallest absolute Gasteiger partial charge is 0.414 e. The summed E-state index contributed by atoms with van der Waals surface area (Å²) in [7, 11) is 0. The Labute approximate surface area is 163 Å². The van der Waals surface area contributed by atoms with E-state index in [1.165, 1.54) is 37.9 Å². The van der Waals surface area contributed by atoms with Crippen molar-refractivity contribution in [2.75, 3.05) is 37.7 Å². The first-order chi connectivity index (χ1) is 12.9. The van der Waals surface area contributed by atoms with Crippen LogP contribution in [0.2, 0.25) is 0 Å². The van der Waals surface area contributed by atoms with Crippen LogP contribution in [0.25, 0.3) is 0 Å². The van der Waals surface area contributed by atoms with E-state index in [4.69, 9.17) is 9.47 Å². The van der Waals surface area contributed by atoms with Gasteiger partial charge in [-0.05, 0) is 77.6 Å². The molecule has 0 aliphatic carbocycles. The van der Waals surface area contributed by atoms with E-state index in [0.29, 0.717) is 13.2 Å². The van der Waals surface area contributed by atoms with Crippen LogP contribution in [0.4, 0.5) is 10.5 Å². The summed E-state index contributed by atoms with van der Waals surface area (Å²) in [6.07, 6.45) is 6.74.